The highest BCUT2D eigenvalue weighted by atomic mass is 16.5. The molecule has 1 heterocycles. The van der Waals surface area contributed by atoms with E-state index in [0.717, 1.165) is 6.34 Å². The van der Waals surface area contributed by atoms with Gasteiger partial charge in [-0.3, -0.25) is 10.7 Å². The van der Waals surface area contributed by atoms with Crippen LogP contribution in [0.3, 0.4) is 0 Å². The average Bonchev–Trinajstić information content (AvgIpc) is 2.25. The maximum atomic E-state index is 8.42. The molecule has 1 aromatic rings. The van der Waals surface area contributed by atoms with Crippen LogP contribution in [0, 0.1) is 0 Å². The monoisotopic (exact) mass is 196 g/mol. The fraction of sp³-hybridized carbons (Fsp3) is 0. The molecule has 0 amide bonds. The van der Waals surface area contributed by atoms with E-state index in [2.05, 4.69) is 20.1 Å². The van der Waals surface area contributed by atoms with Crippen molar-refractivity contribution in [3.8, 4) is 0 Å². The molecule has 0 spiro atoms. The second-order valence-corrected chi connectivity index (χ2v) is 2.10. The molecule has 0 aliphatic heterocycles. The Morgan fingerprint density at radius 1 is 1.50 bits per heavy atom. The van der Waals surface area contributed by atoms with Crippen molar-refractivity contribution in [2.45, 2.75) is 0 Å². The van der Waals surface area contributed by atoms with Gasteiger partial charge in [-0.2, -0.15) is 0 Å². The van der Waals surface area contributed by atoms with Gasteiger partial charge in [0, 0.05) is 12.4 Å². The van der Waals surface area contributed by atoms with Gasteiger partial charge in [0.05, 0.1) is 0 Å². The van der Waals surface area contributed by atoms with Crippen molar-refractivity contribution in [1.82, 2.24) is 15.4 Å². The first-order valence-electron chi connectivity index (χ1n) is 3.50. The molecule has 5 N–H and O–H groups in total. The first-order chi connectivity index (χ1) is 6.79. The first-order valence-corrected chi connectivity index (χ1v) is 3.50. The molecule has 0 saturated heterocycles. The Morgan fingerprint density at radius 2 is 2.21 bits per heavy atom. The van der Waals surface area contributed by atoms with E-state index in [4.69, 9.17) is 16.1 Å². The lowest BCUT2D eigenvalue weighted by atomic mass is 10.4. The van der Waals surface area contributed by atoms with E-state index >= 15 is 0 Å². The number of hydrogen-bond donors (Lipinski definition) is 4. The van der Waals surface area contributed by atoms with Crippen molar-refractivity contribution < 1.29 is 10.4 Å². The molecule has 0 saturated carbocycles. The van der Waals surface area contributed by atoms with Gasteiger partial charge in [0.25, 0.3) is 0 Å². The number of nitrogens with two attached hydrogens (primary N) is 1. The number of nitrogens with zero attached hydrogens (tertiary/aromatic N) is 4. The molecule has 1 rings (SSSR count). The van der Waals surface area contributed by atoms with E-state index in [1.807, 2.05) is 0 Å². The summed E-state index contributed by atoms with van der Waals surface area (Å²) < 4.78 is 0. The summed E-state index contributed by atoms with van der Waals surface area (Å²) in [6, 6.07) is 0. The van der Waals surface area contributed by atoms with Gasteiger partial charge in [-0.1, -0.05) is 5.16 Å². The number of hydroxylamine groups is 1. The van der Waals surface area contributed by atoms with Crippen LogP contribution in [0.1, 0.15) is 5.69 Å². The molecule has 0 aliphatic carbocycles. The zero-order valence-electron chi connectivity index (χ0n) is 6.99. The molecule has 0 atom stereocenters. The number of amidine groups is 1. The second-order valence-electron chi connectivity index (χ2n) is 2.10. The molecular weight excluding hydrogens is 188 g/mol. The summed E-state index contributed by atoms with van der Waals surface area (Å²) in [5.74, 6) is -0.0764. The Balaban J connectivity index is 3.09. The molecule has 8 nitrogen and oxygen atoms in total. The van der Waals surface area contributed by atoms with E-state index in [1.165, 1.54) is 12.4 Å². The van der Waals surface area contributed by atoms with Crippen molar-refractivity contribution in [3.63, 3.8) is 0 Å². The lowest BCUT2D eigenvalue weighted by Gasteiger charge is -1.99. The predicted octanol–water partition coefficient (Wildman–Crippen LogP) is -0.790. The Bertz CT molecular complexity index is 363. The molecule has 0 bridgehead atoms. The van der Waals surface area contributed by atoms with E-state index in [9.17, 15) is 0 Å². The molecule has 0 unspecified atom stereocenters. The third kappa shape index (κ3) is 2.14. The van der Waals surface area contributed by atoms with E-state index in [-0.39, 0.29) is 17.3 Å². The molecular formula is C6H8N6O2. The van der Waals surface area contributed by atoms with Crippen molar-refractivity contribution in [2.75, 3.05) is 0 Å². The van der Waals surface area contributed by atoms with Gasteiger partial charge >= 0.3 is 0 Å². The van der Waals surface area contributed by atoms with E-state index in [0.29, 0.717) is 0 Å². The lowest BCUT2D eigenvalue weighted by Crippen LogP contribution is -2.15. The van der Waals surface area contributed by atoms with Gasteiger partial charge in [0.1, 0.15) is 6.34 Å². The number of nitrogens with one attached hydrogen (secondary N) is 1. The summed E-state index contributed by atoms with van der Waals surface area (Å²) in [5.41, 5.74) is 7.13. The van der Waals surface area contributed by atoms with Gasteiger partial charge in [0.15, 0.2) is 17.3 Å². The van der Waals surface area contributed by atoms with Gasteiger partial charge in [0.2, 0.25) is 0 Å². The second kappa shape index (κ2) is 4.72. The molecule has 0 radical (unpaired) electrons. The minimum absolute atomic E-state index is 0.126. The third-order valence-electron chi connectivity index (χ3n) is 1.27. The Hall–Kier alpha value is -2.22. The third-order valence-corrected chi connectivity index (χ3v) is 1.27. The number of rotatable bonds is 3. The Kier molecular flexibility index (Phi) is 3.33. The standard InChI is InChI=1S/C6H8N6O2/c7-5(12-14)4-6(10-3-11-13)9-2-1-8-4/h1-3,13-14H,(H2,7,12)(H,9,10,11). The highest BCUT2D eigenvalue weighted by molar-refractivity contribution is 5.99. The van der Waals surface area contributed by atoms with Gasteiger partial charge in [-0.15, -0.1) is 0 Å². The molecule has 0 fully saturated rings. The number of aliphatic imine (C=N–C) groups is 1. The number of oxime groups is 1. The average molecular weight is 196 g/mol. The van der Waals surface area contributed by atoms with Crippen LogP contribution in [0.2, 0.25) is 0 Å². The minimum Gasteiger partial charge on any atom is -0.409 e. The first kappa shape index (κ1) is 9.86. The van der Waals surface area contributed by atoms with E-state index in [1.54, 1.807) is 5.48 Å². The van der Waals surface area contributed by atoms with Crippen molar-refractivity contribution in [3.05, 3.63) is 18.1 Å². The topological polar surface area (TPSA) is 129 Å². The normalized spacial score (nSPS) is 11.9. The van der Waals surface area contributed by atoms with Crippen LogP contribution < -0.4 is 11.2 Å². The molecule has 74 valence electrons. The number of aromatic nitrogens is 2. The maximum absolute atomic E-state index is 8.42. The van der Waals surface area contributed by atoms with Crippen LogP contribution >= 0.6 is 0 Å². The summed E-state index contributed by atoms with van der Waals surface area (Å²) in [5, 5.41) is 19.4. The molecule has 0 aromatic carbocycles. The van der Waals surface area contributed by atoms with Gasteiger partial charge in [-0.05, 0) is 0 Å². The maximum Gasteiger partial charge on any atom is 0.192 e. The smallest absolute Gasteiger partial charge is 0.192 e. The largest absolute Gasteiger partial charge is 0.409 e. The van der Waals surface area contributed by atoms with Crippen LogP contribution in [-0.2, 0) is 0 Å². The SMILES string of the molecule is N/C(=N\O)c1nccnc1N=CNO. The van der Waals surface area contributed by atoms with Crippen LogP contribution in [0.15, 0.2) is 22.5 Å². The van der Waals surface area contributed by atoms with Gasteiger partial charge < -0.3 is 10.9 Å². The van der Waals surface area contributed by atoms with Crippen LogP contribution in [0.25, 0.3) is 0 Å². The zero-order valence-corrected chi connectivity index (χ0v) is 6.99. The number of hydrogen-bond acceptors (Lipinski definition) is 6. The highest BCUT2D eigenvalue weighted by Crippen LogP contribution is 2.10. The van der Waals surface area contributed by atoms with Crippen LogP contribution in [-0.4, -0.2) is 32.6 Å². The fourth-order valence-electron chi connectivity index (χ4n) is 0.743. The summed E-state index contributed by atoms with van der Waals surface area (Å²) >= 11 is 0. The summed E-state index contributed by atoms with van der Waals surface area (Å²) in [6.07, 6.45) is 3.75. The predicted molar refractivity (Wildman–Crippen MR) is 47.6 cm³/mol. The molecule has 0 aliphatic rings. The van der Waals surface area contributed by atoms with Crippen LogP contribution in [0.5, 0.6) is 0 Å². The molecule has 14 heavy (non-hydrogen) atoms. The van der Waals surface area contributed by atoms with Crippen LogP contribution in [0.4, 0.5) is 5.82 Å². The lowest BCUT2D eigenvalue weighted by molar-refractivity contribution is 0.240. The summed E-state index contributed by atoms with van der Waals surface area (Å²) in [6.45, 7) is 0. The highest BCUT2D eigenvalue weighted by Gasteiger charge is 2.07. The Morgan fingerprint density at radius 3 is 2.86 bits per heavy atom. The fourth-order valence-corrected chi connectivity index (χ4v) is 0.743. The summed E-state index contributed by atoms with van der Waals surface area (Å²) in [4.78, 5) is 11.3. The minimum atomic E-state index is -0.205. The Labute approximate surface area is 78.8 Å². The summed E-state index contributed by atoms with van der Waals surface area (Å²) in [7, 11) is 0. The van der Waals surface area contributed by atoms with Gasteiger partial charge in [-0.25, -0.2) is 15.0 Å². The zero-order chi connectivity index (χ0) is 10.4. The van der Waals surface area contributed by atoms with E-state index < -0.39 is 0 Å². The van der Waals surface area contributed by atoms with Crippen molar-refractivity contribution >= 4 is 18.0 Å². The molecule has 1 aromatic heterocycles. The quantitative estimate of drug-likeness (QED) is 0.217. The van der Waals surface area contributed by atoms with Crippen molar-refractivity contribution in [1.29, 1.82) is 0 Å². The van der Waals surface area contributed by atoms with Crippen molar-refractivity contribution in [2.24, 2.45) is 15.9 Å². The molecule has 8 heteroatoms.